The van der Waals surface area contributed by atoms with Crippen molar-refractivity contribution in [3.8, 4) is 0 Å². The average Bonchev–Trinajstić information content (AvgIpc) is 2.80. The van der Waals surface area contributed by atoms with Gasteiger partial charge in [0.15, 0.2) is 0 Å². The van der Waals surface area contributed by atoms with Crippen molar-refractivity contribution in [2.75, 3.05) is 18.0 Å². The Labute approximate surface area is 117 Å². The van der Waals surface area contributed by atoms with Gasteiger partial charge in [-0.05, 0) is 37.5 Å². The lowest BCUT2D eigenvalue weighted by atomic mass is 10.0. The monoisotopic (exact) mass is 272 g/mol. The predicted molar refractivity (Wildman–Crippen MR) is 76.3 cm³/mol. The fourth-order valence-corrected chi connectivity index (χ4v) is 3.29. The second-order valence-electron chi connectivity index (χ2n) is 5.69. The Morgan fingerprint density at radius 3 is 3.05 bits per heavy atom. The van der Waals surface area contributed by atoms with Crippen LogP contribution in [0, 0.1) is 5.82 Å². The van der Waals surface area contributed by atoms with Crippen LogP contribution in [0.3, 0.4) is 0 Å². The lowest BCUT2D eigenvalue weighted by Crippen LogP contribution is -2.45. The van der Waals surface area contributed by atoms with Crippen LogP contribution in [0.15, 0.2) is 24.4 Å². The van der Waals surface area contributed by atoms with Crippen molar-refractivity contribution in [1.29, 1.82) is 0 Å². The van der Waals surface area contributed by atoms with Crippen molar-refractivity contribution in [1.82, 2.24) is 15.3 Å². The summed E-state index contributed by atoms with van der Waals surface area (Å²) in [4.78, 5) is 11.4. The van der Waals surface area contributed by atoms with Gasteiger partial charge in [0.05, 0.1) is 5.52 Å². The van der Waals surface area contributed by atoms with Gasteiger partial charge in [0.1, 0.15) is 5.82 Å². The maximum atomic E-state index is 13.2. The lowest BCUT2D eigenvalue weighted by molar-refractivity contribution is 0.391. The summed E-state index contributed by atoms with van der Waals surface area (Å²) < 4.78 is 13.2. The molecule has 2 bridgehead atoms. The third-order valence-corrected chi connectivity index (χ3v) is 4.44. The maximum absolute atomic E-state index is 13.2. The zero-order chi connectivity index (χ0) is 13.5. The molecule has 3 aliphatic heterocycles. The molecule has 2 atom stereocenters. The zero-order valence-electron chi connectivity index (χ0n) is 11.2. The number of halogens is 1. The molecule has 1 aromatic carbocycles. The molecule has 0 amide bonds. The molecule has 0 radical (unpaired) electrons. The Kier molecular flexibility index (Phi) is 2.80. The van der Waals surface area contributed by atoms with Gasteiger partial charge in [-0.3, -0.25) is 0 Å². The Balaban J connectivity index is 1.72. The second-order valence-corrected chi connectivity index (χ2v) is 5.69. The van der Waals surface area contributed by atoms with Crippen molar-refractivity contribution in [3.05, 3.63) is 30.2 Å². The van der Waals surface area contributed by atoms with E-state index in [4.69, 9.17) is 0 Å². The van der Waals surface area contributed by atoms with E-state index in [-0.39, 0.29) is 5.82 Å². The molecule has 104 valence electrons. The molecule has 0 spiro atoms. The topological polar surface area (TPSA) is 41.1 Å². The van der Waals surface area contributed by atoms with Gasteiger partial charge in [-0.15, -0.1) is 0 Å². The molecule has 3 fully saturated rings. The predicted octanol–water partition coefficient (Wildman–Crippen LogP) is 2.10. The minimum atomic E-state index is -0.244. The first-order valence-electron chi connectivity index (χ1n) is 7.22. The Bertz CT molecular complexity index is 637. The Hall–Kier alpha value is -1.75. The molecule has 3 aliphatic rings. The van der Waals surface area contributed by atoms with Gasteiger partial charge in [-0.1, -0.05) is 0 Å². The summed E-state index contributed by atoms with van der Waals surface area (Å²) in [6.07, 6.45) is 5.30. The van der Waals surface area contributed by atoms with E-state index in [1.54, 1.807) is 12.3 Å². The molecule has 2 aromatic rings. The molecular formula is C15H17FN4. The summed E-state index contributed by atoms with van der Waals surface area (Å²) in [6, 6.07) is 5.78. The van der Waals surface area contributed by atoms with E-state index in [0.717, 1.165) is 36.4 Å². The van der Waals surface area contributed by atoms with Crippen molar-refractivity contribution in [2.45, 2.75) is 31.3 Å². The quantitative estimate of drug-likeness (QED) is 0.863. The molecule has 3 saturated heterocycles. The van der Waals surface area contributed by atoms with Crippen LogP contribution in [-0.2, 0) is 0 Å². The van der Waals surface area contributed by atoms with Gasteiger partial charge < -0.3 is 10.2 Å². The lowest BCUT2D eigenvalue weighted by Gasteiger charge is -2.31. The first-order chi connectivity index (χ1) is 9.79. The molecule has 1 aromatic heterocycles. The van der Waals surface area contributed by atoms with E-state index < -0.39 is 0 Å². The highest BCUT2D eigenvalue weighted by molar-refractivity contribution is 5.78. The van der Waals surface area contributed by atoms with Gasteiger partial charge in [0.2, 0.25) is 5.95 Å². The van der Waals surface area contributed by atoms with Crippen LogP contribution in [0.4, 0.5) is 10.3 Å². The summed E-state index contributed by atoms with van der Waals surface area (Å²) >= 11 is 0. The molecule has 0 unspecified atom stereocenters. The third kappa shape index (κ3) is 2.02. The van der Waals surface area contributed by atoms with Crippen LogP contribution in [0.5, 0.6) is 0 Å². The SMILES string of the molecule is Fc1ccc2nc(N3CC[C@@H]4CC[C@H]3CN4)ncc2c1. The molecule has 4 heterocycles. The van der Waals surface area contributed by atoms with Crippen molar-refractivity contribution in [2.24, 2.45) is 0 Å². The van der Waals surface area contributed by atoms with E-state index in [9.17, 15) is 4.39 Å². The molecule has 0 aliphatic carbocycles. The Morgan fingerprint density at radius 2 is 2.20 bits per heavy atom. The highest BCUT2D eigenvalue weighted by Gasteiger charge is 2.31. The number of nitrogens with zero attached hydrogens (tertiary/aromatic N) is 3. The van der Waals surface area contributed by atoms with Crippen LogP contribution in [0.25, 0.3) is 10.9 Å². The van der Waals surface area contributed by atoms with Gasteiger partial charge in [-0.2, -0.15) is 0 Å². The van der Waals surface area contributed by atoms with Gasteiger partial charge in [-0.25, -0.2) is 14.4 Å². The van der Waals surface area contributed by atoms with Crippen LogP contribution in [-0.4, -0.2) is 35.1 Å². The first kappa shape index (κ1) is 12.0. The second kappa shape index (κ2) is 4.66. The molecular weight excluding hydrogens is 255 g/mol. The normalized spacial score (nSPS) is 25.9. The van der Waals surface area contributed by atoms with Crippen molar-refractivity contribution in [3.63, 3.8) is 0 Å². The third-order valence-electron chi connectivity index (χ3n) is 4.44. The minimum Gasteiger partial charge on any atom is -0.336 e. The van der Waals surface area contributed by atoms with Gasteiger partial charge >= 0.3 is 0 Å². The van der Waals surface area contributed by atoms with E-state index in [0.29, 0.717) is 12.1 Å². The van der Waals surface area contributed by atoms with Gasteiger partial charge in [0.25, 0.3) is 0 Å². The summed E-state index contributed by atoms with van der Waals surface area (Å²) in [5.74, 6) is 0.532. The van der Waals surface area contributed by atoms with Crippen LogP contribution in [0.1, 0.15) is 19.3 Å². The number of hydrogen-bond donors (Lipinski definition) is 1. The van der Waals surface area contributed by atoms with Gasteiger partial charge in [0, 0.05) is 36.8 Å². The molecule has 4 nitrogen and oxygen atoms in total. The van der Waals surface area contributed by atoms with Crippen LogP contribution >= 0.6 is 0 Å². The van der Waals surface area contributed by atoms with E-state index in [1.807, 2.05) is 0 Å². The van der Waals surface area contributed by atoms with E-state index in [1.165, 1.54) is 25.0 Å². The number of aromatic nitrogens is 2. The smallest absolute Gasteiger partial charge is 0.226 e. The fraction of sp³-hybridized carbons (Fsp3) is 0.467. The highest BCUT2D eigenvalue weighted by Crippen LogP contribution is 2.26. The Morgan fingerprint density at radius 1 is 1.25 bits per heavy atom. The van der Waals surface area contributed by atoms with Crippen LogP contribution in [0.2, 0.25) is 0 Å². The highest BCUT2D eigenvalue weighted by atomic mass is 19.1. The number of rotatable bonds is 1. The number of hydrogen-bond acceptors (Lipinski definition) is 4. The molecule has 20 heavy (non-hydrogen) atoms. The largest absolute Gasteiger partial charge is 0.336 e. The van der Waals surface area contributed by atoms with E-state index >= 15 is 0 Å². The number of fused-ring (bicyclic) bond motifs is 5. The van der Waals surface area contributed by atoms with Crippen molar-refractivity contribution < 1.29 is 4.39 Å². The minimum absolute atomic E-state index is 0.244. The number of piperidine rings is 1. The standard InChI is InChI=1S/C15H17FN4/c16-11-1-4-14-10(7-11)8-18-15(19-14)20-6-5-12-2-3-13(20)9-17-12/h1,4,7-8,12-13,17H,2-3,5-6,9H2/t12-,13-/m0/s1. The van der Waals surface area contributed by atoms with Crippen molar-refractivity contribution >= 4 is 16.9 Å². The summed E-state index contributed by atoms with van der Waals surface area (Å²) in [7, 11) is 0. The molecule has 1 N–H and O–H groups in total. The summed E-state index contributed by atoms with van der Waals surface area (Å²) in [5.41, 5.74) is 0.808. The number of nitrogens with one attached hydrogen (secondary N) is 1. The van der Waals surface area contributed by atoms with E-state index in [2.05, 4.69) is 20.2 Å². The molecule has 5 heteroatoms. The fourth-order valence-electron chi connectivity index (χ4n) is 3.29. The van der Waals surface area contributed by atoms with Crippen LogP contribution < -0.4 is 10.2 Å². The number of anilines is 1. The maximum Gasteiger partial charge on any atom is 0.226 e. The molecule has 0 saturated carbocycles. The first-order valence-corrected chi connectivity index (χ1v) is 7.22. The summed E-state index contributed by atoms with van der Waals surface area (Å²) in [5, 5.41) is 4.33. The average molecular weight is 272 g/mol. The number of benzene rings is 1. The molecule has 5 rings (SSSR count). The zero-order valence-corrected chi connectivity index (χ0v) is 11.2. The summed E-state index contributed by atoms with van der Waals surface area (Å²) in [6.45, 7) is 2.00.